The molecule has 82 heavy (non-hydrogen) atoms. The quantitative estimate of drug-likeness (QED) is 0.0211. The van der Waals surface area contributed by atoms with Gasteiger partial charge in [-0.1, -0.05) is 263 Å². The summed E-state index contributed by atoms with van der Waals surface area (Å²) in [5, 5.41) is 0. The largest absolute Gasteiger partial charge is 0.472 e. The number of carbonyl (C=O) groups is 2. The summed E-state index contributed by atoms with van der Waals surface area (Å²) >= 11 is 0. The van der Waals surface area contributed by atoms with Crippen molar-refractivity contribution in [2.45, 2.75) is 264 Å². The Morgan fingerprint density at radius 3 is 1.04 bits per heavy atom. The summed E-state index contributed by atoms with van der Waals surface area (Å²) in [5.74, 6) is -0.825. The minimum Gasteiger partial charge on any atom is -0.462 e. The molecule has 0 heterocycles. The number of hydrogen-bond acceptors (Lipinski definition) is 7. The lowest BCUT2D eigenvalue weighted by Gasteiger charge is -2.24. The first kappa shape index (κ1) is 78.1. The fourth-order valence-corrected chi connectivity index (χ4v) is 9.37. The molecule has 0 amide bonds. The van der Waals surface area contributed by atoms with Crippen LogP contribution in [0.3, 0.4) is 0 Å². The molecule has 0 aliphatic rings. The maximum atomic E-state index is 12.9. The molecule has 0 bridgehead atoms. The Balaban J connectivity index is 4.20. The molecular formula is C72H123NO8P+. The van der Waals surface area contributed by atoms with Gasteiger partial charge in [-0.05, 0) is 116 Å². The van der Waals surface area contributed by atoms with E-state index < -0.39 is 26.5 Å². The Labute approximate surface area is 504 Å². The van der Waals surface area contributed by atoms with Crippen molar-refractivity contribution in [1.29, 1.82) is 0 Å². The number of allylic oxidation sites excluding steroid dienone is 22. The van der Waals surface area contributed by atoms with Crippen LogP contribution in [0.4, 0.5) is 0 Å². The molecule has 468 valence electrons. The first-order valence-corrected chi connectivity index (χ1v) is 34.4. The van der Waals surface area contributed by atoms with Gasteiger partial charge in [0.15, 0.2) is 6.10 Å². The number of quaternary nitrogens is 1. The maximum Gasteiger partial charge on any atom is 0.472 e. The van der Waals surface area contributed by atoms with Crippen LogP contribution in [-0.2, 0) is 32.7 Å². The van der Waals surface area contributed by atoms with Gasteiger partial charge in [0.05, 0.1) is 27.7 Å². The molecular weight excluding hydrogens is 1040 g/mol. The van der Waals surface area contributed by atoms with Gasteiger partial charge in [-0.2, -0.15) is 0 Å². The molecule has 0 rings (SSSR count). The van der Waals surface area contributed by atoms with Crippen LogP contribution >= 0.6 is 7.82 Å². The monoisotopic (exact) mass is 1160 g/mol. The number of carbonyl (C=O) groups excluding carboxylic acids is 2. The zero-order valence-electron chi connectivity index (χ0n) is 53.2. The summed E-state index contributed by atoms with van der Waals surface area (Å²) in [6.07, 6.45) is 89.6. The second kappa shape index (κ2) is 61.7. The van der Waals surface area contributed by atoms with Crippen molar-refractivity contribution in [3.05, 3.63) is 134 Å². The average molecular weight is 1160 g/mol. The van der Waals surface area contributed by atoms with E-state index in [2.05, 4.69) is 148 Å². The molecule has 1 N–H and O–H groups in total. The number of rotatable bonds is 59. The van der Waals surface area contributed by atoms with E-state index in [-0.39, 0.29) is 32.0 Å². The molecule has 10 heteroatoms. The van der Waals surface area contributed by atoms with Crippen LogP contribution in [0.1, 0.15) is 258 Å². The van der Waals surface area contributed by atoms with Gasteiger partial charge in [-0.15, -0.1) is 0 Å². The molecule has 0 spiro atoms. The SMILES string of the molecule is CC/C=C\C/C=C\C/C=C\C/C=C\C/C=C\C/C=C\C/C=C\C/C=C\C/C=C\CCCCCCCC(=O)OC(COC(=O)CCCCCCCCCCCCCCC/C=C\C/C=C\CCCCCCC)COP(=O)(O)OCC[N+](C)(C)C. The molecule has 0 radical (unpaired) electrons. The van der Waals surface area contributed by atoms with Gasteiger partial charge in [0, 0.05) is 12.8 Å². The molecule has 0 aromatic carbocycles. The van der Waals surface area contributed by atoms with Crippen molar-refractivity contribution in [3.63, 3.8) is 0 Å². The van der Waals surface area contributed by atoms with Crippen molar-refractivity contribution < 1.29 is 42.1 Å². The van der Waals surface area contributed by atoms with E-state index in [4.69, 9.17) is 18.5 Å². The minimum absolute atomic E-state index is 0.0207. The Morgan fingerprint density at radius 1 is 0.390 bits per heavy atom. The Morgan fingerprint density at radius 2 is 0.695 bits per heavy atom. The normalized spacial score (nSPS) is 14.1. The summed E-state index contributed by atoms with van der Waals surface area (Å²) in [6, 6.07) is 0. The molecule has 0 fully saturated rings. The fourth-order valence-electron chi connectivity index (χ4n) is 8.63. The van der Waals surface area contributed by atoms with Crippen LogP contribution in [0.15, 0.2) is 134 Å². The number of esters is 2. The van der Waals surface area contributed by atoms with Crippen LogP contribution in [0.25, 0.3) is 0 Å². The minimum atomic E-state index is -4.41. The summed E-state index contributed by atoms with van der Waals surface area (Å²) in [4.78, 5) is 35.8. The van der Waals surface area contributed by atoms with Crippen molar-refractivity contribution >= 4 is 19.8 Å². The third-order valence-electron chi connectivity index (χ3n) is 13.7. The molecule has 0 aliphatic heterocycles. The smallest absolute Gasteiger partial charge is 0.462 e. The predicted molar refractivity (Wildman–Crippen MR) is 353 cm³/mol. The highest BCUT2D eigenvalue weighted by atomic mass is 31.2. The molecule has 0 saturated carbocycles. The first-order valence-electron chi connectivity index (χ1n) is 32.9. The van der Waals surface area contributed by atoms with Gasteiger partial charge >= 0.3 is 19.8 Å². The van der Waals surface area contributed by atoms with Gasteiger partial charge in [-0.25, -0.2) is 4.57 Å². The number of ether oxygens (including phenoxy) is 2. The van der Waals surface area contributed by atoms with Gasteiger partial charge < -0.3 is 18.9 Å². The first-order chi connectivity index (χ1) is 40.0. The van der Waals surface area contributed by atoms with Crippen LogP contribution in [0.2, 0.25) is 0 Å². The van der Waals surface area contributed by atoms with Crippen LogP contribution in [0, 0.1) is 0 Å². The van der Waals surface area contributed by atoms with Crippen molar-refractivity contribution in [2.24, 2.45) is 0 Å². The van der Waals surface area contributed by atoms with E-state index >= 15 is 0 Å². The highest BCUT2D eigenvalue weighted by Crippen LogP contribution is 2.43. The maximum absolute atomic E-state index is 12.9. The van der Waals surface area contributed by atoms with Gasteiger partial charge in [0.25, 0.3) is 0 Å². The van der Waals surface area contributed by atoms with Crippen LogP contribution in [0.5, 0.6) is 0 Å². The number of phosphoric ester groups is 1. The average Bonchev–Trinajstić information content (AvgIpc) is 3.46. The number of phosphoric acid groups is 1. The second-order valence-corrected chi connectivity index (χ2v) is 24.2. The number of nitrogens with zero attached hydrogens (tertiary/aromatic N) is 1. The molecule has 0 aromatic rings. The summed E-state index contributed by atoms with van der Waals surface area (Å²) in [6.45, 7) is 4.29. The summed E-state index contributed by atoms with van der Waals surface area (Å²) in [7, 11) is 1.45. The van der Waals surface area contributed by atoms with E-state index in [0.29, 0.717) is 17.4 Å². The molecule has 0 aromatic heterocycles. The van der Waals surface area contributed by atoms with Gasteiger partial charge in [0.2, 0.25) is 0 Å². The van der Waals surface area contributed by atoms with E-state index in [1.807, 2.05) is 21.1 Å². The number of hydrogen-bond donors (Lipinski definition) is 1. The summed E-state index contributed by atoms with van der Waals surface area (Å²) < 4.78 is 34.6. The zero-order chi connectivity index (χ0) is 59.8. The van der Waals surface area contributed by atoms with E-state index in [1.54, 1.807) is 0 Å². The van der Waals surface area contributed by atoms with E-state index in [1.165, 1.54) is 109 Å². The van der Waals surface area contributed by atoms with Crippen molar-refractivity contribution in [1.82, 2.24) is 0 Å². The lowest BCUT2D eigenvalue weighted by atomic mass is 10.0. The molecule has 2 unspecified atom stereocenters. The number of unbranched alkanes of at least 4 members (excludes halogenated alkanes) is 23. The topological polar surface area (TPSA) is 108 Å². The Hall–Kier alpha value is -3.85. The summed E-state index contributed by atoms with van der Waals surface area (Å²) in [5.41, 5.74) is 0. The second-order valence-electron chi connectivity index (χ2n) is 22.8. The molecule has 0 saturated heterocycles. The lowest BCUT2D eigenvalue weighted by Crippen LogP contribution is -2.37. The fraction of sp³-hybridized carbons (Fsp3) is 0.667. The van der Waals surface area contributed by atoms with Gasteiger partial charge in [-0.3, -0.25) is 18.6 Å². The molecule has 0 aliphatic carbocycles. The molecule has 2 atom stereocenters. The Kier molecular flexibility index (Phi) is 58.8. The zero-order valence-corrected chi connectivity index (χ0v) is 54.1. The lowest BCUT2D eigenvalue weighted by molar-refractivity contribution is -0.870. The third-order valence-corrected chi connectivity index (χ3v) is 14.6. The van der Waals surface area contributed by atoms with Crippen LogP contribution in [-0.4, -0.2) is 74.9 Å². The highest BCUT2D eigenvalue weighted by molar-refractivity contribution is 7.47. The van der Waals surface area contributed by atoms with E-state index in [9.17, 15) is 19.0 Å². The number of likely N-dealkylation sites (N-methyl/N-ethyl adjacent to an activating group) is 1. The third kappa shape index (κ3) is 65.3. The molecule has 9 nitrogen and oxygen atoms in total. The highest BCUT2D eigenvalue weighted by Gasteiger charge is 2.27. The van der Waals surface area contributed by atoms with Crippen molar-refractivity contribution in [3.8, 4) is 0 Å². The Bertz CT molecular complexity index is 1850. The van der Waals surface area contributed by atoms with Crippen molar-refractivity contribution in [2.75, 3.05) is 47.5 Å². The standard InChI is InChI=1S/C72H122NO8P/c1-6-8-10-12-14-16-18-20-22-24-26-28-30-32-33-34-35-36-37-38-39-41-43-45-47-49-51-53-55-57-59-61-63-65-72(75)81-70(69-80-82(76,77)79-67-66-73(3,4)5)68-78-71(74)64-62-60-58-56-54-52-50-48-46-44-42-40-31-29-27-25-23-21-19-17-15-13-11-9-7-2/h8,10,14,16,19-22,25-28,32-33,35-36,38-39,43,45,49,51,70H,6-7,9,11-13,15,17-18,23-24,29-31,34,37,40-42,44,46-48,50,52-69H2,1-5H3/p+1/b10-8-,16-14-,21-19-,22-20-,27-25-,28-26-,33-32-,36-35-,39-38-,45-43-,51-49-. The predicted octanol–water partition coefficient (Wildman–Crippen LogP) is 21.3. The van der Waals surface area contributed by atoms with Crippen LogP contribution < -0.4 is 0 Å². The van der Waals surface area contributed by atoms with E-state index in [0.717, 1.165) is 116 Å². The van der Waals surface area contributed by atoms with Gasteiger partial charge in [0.1, 0.15) is 19.8 Å².